The SMILES string of the molecule is O=C(O)c1nc(C2CCCCC2)n2cccc(O)c12. The number of aromatic hydroxyl groups is 1. The number of carbonyl (C=O) groups is 1. The molecule has 2 heterocycles. The maximum Gasteiger partial charge on any atom is 0.356 e. The van der Waals surface area contributed by atoms with Crippen molar-refractivity contribution in [1.82, 2.24) is 9.38 Å². The van der Waals surface area contributed by atoms with Gasteiger partial charge in [-0.05, 0) is 25.0 Å². The highest BCUT2D eigenvalue weighted by atomic mass is 16.4. The normalized spacial score (nSPS) is 16.8. The number of nitrogens with zero attached hydrogens (tertiary/aromatic N) is 2. The molecule has 1 fully saturated rings. The molecule has 0 atom stereocenters. The fourth-order valence-corrected chi connectivity index (χ4v) is 2.94. The number of aromatic carboxylic acids is 1. The molecule has 1 aliphatic rings. The highest BCUT2D eigenvalue weighted by Crippen LogP contribution is 2.34. The van der Waals surface area contributed by atoms with E-state index in [4.69, 9.17) is 0 Å². The molecule has 0 saturated heterocycles. The Hall–Kier alpha value is -2.04. The third kappa shape index (κ3) is 1.95. The molecule has 19 heavy (non-hydrogen) atoms. The Morgan fingerprint density at radius 2 is 2.05 bits per heavy atom. The van der Waals surface area contributed by atoms with Crippen LogP contribution < -0.4 is 0 Å². The molecule has 0 bridgehead atoms. The quantitative estimate of drug-likeness (QED) is 0.870. The maximum atomic E-state index is 11.3. The summed E-state index contributed by atoms with van der Waals surface area (Å²) in [6.45, 7) is 0. The van der Waals surface area contributed by atoms with Crippen LogP contribution in [0.25, 0.3) is 5.52 Å². The largest absolute Gasteiger partial charge is 0.506 e. The van der Waals surface area contributed by atoms with Gasteiger partial charge in [-0.1, -0.05) is 19.3 Å². The lowest BCUT2D eigenvalue weighted by Crippen LogP contribution is -2.08. The molecule has 0 unspecified atom stereocenters. The van der Waals surface area contributed by atoms with Crippen LogP contribution in [-0.2, 0) is 0 Å². The van der Waals surface area contributed by atoms with Crippen LogP contribution in [0.2, 0.25) is 0 Å². The molecule has 5 heteroatoms. The summed E-state index contributed by atoms with van der Waals surface area (Å²) < 4.78 is 1.73. The van der Waals surface area contributed by atoms with Gasteiger partial charge in [0.25, 0.3) is 0 Å². The fourth-order valence-electron chi connectivity index (χ4n) is 2.94. The van der Waals surface area contributed by atoms with E-state index in [0.29, 0.717) is 5.52 Å². The molecule has 0 amide bonds. The molecule has 2 aromatic heterocycles. The van der Waals surface area contributed by atoms with Crippen LogP contribution >= 0.6 is 0 Å². The van der Waals surface area contributed by atoms with Crippen molar-refractivity contribution in [1.29, 1.82) is 0 Å². The van der Waals surface area contributed by atoms with E-state index in [1.807, 2.05) is 0 Å². The summed E-state index contributed by atoms with van der Waals surface area (Å²) in [5.74, 6) is -0.0744. The van der Waals surface area contributed by atoms with Gasteiger partial charge in [0.15, 0.2) is 5.69 Å². The molecule has 0 aliphatic heterocycles. The first kappa shape index (κ1) is 12.0. The van der Waals surface area contributed by atoms with Crippen molar-refractivity contribution < 1.29 is 15.0 Å². The van der Waals surface area contributed by atoms with E-state index in [0.717, 1.165) is 31.5 Å². The first-order chi connectivity index (χ1) is 9.18. The molecule has 5 nitrogen and oxygen atoms in total. The summed E-state index contributed by atoms with van der Waals surface area (Å²) in [7, 11) is 0. The topological polar surface area (TPSA) is 74.8 Å². The first-order valence-electron chi connectivity index (χ1n) is 6.61. The van der Waals surface area contributed by atoms with E-state index >= 15 is 0 Å². The van der Waals surface area contributed by atoms with Gasteiger partial charge in [0.1, 0.15) is 17.1 Å². The molecule has 1 saturated carbocycles. The zero-order valence-corrected chi connectivity index (χ0v) is 10.5. The van der Waals surface area contributed by atoms with Gasteiger partial charge in [-0.3, -0.25) is 4.40 Å². The summed E-state index contributed by atoms with van der Waals surface area (Å²) in [6, 6.07) is 3.20. The Kier molecular flexibility index (Phi) is 2.89. The Labute approximate surface area is 110 Å². The van der Waals surface area contributed by atoms with E-state index < -0.39 is 5.97 Å². The van der Waals surface area contributed by atoms with Crippen molar-refractivity contribution in [2.24, 2.45) is 0 Å². The van der Waals surface area contributed by atoms with E-state index in [1.165, 1.54) is 12.5 Å². The molecule has 2 N–H and O–H groups in total. The van der Waals surface area contributed by atoms with Gasteiger partial charge in [0.2, 0.25) is 0 Å². The van der Waals surface area contributed by atoms with Gasteiger partial charge in [-0.2, -0.15) is 0 Å². The number of pyridine rings is 1. The molecule has 3 rings (SSSR count). The van der Waals surface area contributed by atoms with Crippen molar-refractivity contribution in [2.75, 3.05) is 0 Å². The van der Waals surface area contributed by atoms with Crippen LogP contribution in [0.5, 0.6) is 5.75 Å². The molecular formula is C14H16N2O3. The Bertz CT molecular complexity index is 627. The number of hydrogen-bond donors (Lipinski definition) is 2. The fraction of sp³-hybridized carbons (Fsp3) is 0.429. The number of carboxylic acids is 1. The van der Waals surface area contributed by atoms with Crippen molar-refractivity contribution in [3.05, 3.63) is 29.8 Å². The van der Waals surface area contributed by atoms with E-state index in [1.54, 1.807) is 16.7 Å². The van der Waals surface area contributed by atoms with Crippen LogP contribution in [-0.4, -0.2) is 25.6 Å². The zero-order chi connectivity index (χ0) is 13.4. The highest BCUT2D eigenvalue weighted by molar-refractivity contribution is 5.95. The Balaban J connectivity index is 2.19. The number of rotatable bonds is 2. The number of aromatic nitrogens is 2. The van der Waals surface area contributed by atoms with Crippen LogP contribution in [0.4, 0.5) is 0 Å². The van der Waals surface area contributed by atoms with E-state index in [9.17, 15) is 15.0 Å². The van der Waals surface area contributed by atoms with Crippen molar-refractivity contribution in [2.45, 2.75) is 38.0 Å². The number of hydrogen-bond acceptors (Lipinski definition) is 3. The van der Waals surface area contributed by atoms with Crippen molar-refractivity contribution >= 4 is 11.5 Å². The van der Waals surface area contributed by atoms with E-state index in [-0.39, 0.29) is 17.4 Å². The van der Waals surface area contributed by atoms with Gasteiger partial charge in [0.05, 0.1) is 0 Å². The second kappa shape index (κ2) is 4.57. The molecule has 1 aliphatic carbocycles. The summed E-state index contributed by atoms with van der Waals surface area (Å²) in [5.41, 5.74) is 0.245. The minimum Gasteiger partial charge on any atom is -0.506 e. The lowest BCUT2D eigenvalue weighted by atomic mass is 9.89. The molecule has 0 radical (unpaired) electrons. The van der Waals surface area contributed by atoms with Crippen molar-refractivity contribution in [3.63, 3.8) is 0 Å². The van der Waals surface area contributed by atoms with E-state index in [2.05, 4.69) is 4.98 Å². The third-order valence-electron chi connectivity index (χ3n) is 3.84. The van der Waals surface area contributed by atoms with Gasteiger partial charge < -0.3 is 10.2 Å². The predicted octanol–water partition coefficient (Wildman–Crippen LogP) is 2.79. The zero-order valence-electron chi connectivity index (χ0n) is 10.5. The minimum atomic E-state index is -1.10. The monoisotopic (exact) mass is 260 g/mol. The average Bonchev–Trinajstić information content (AvgIpc) is 2.81. The van der Waals surface area contributed by atoms with Gasteiger partial charge in [-0.15, -0.1) is 0 Å². The number of carboxylic acid groups (broad SMARTS) is 1. The maximum absolute atomic E-state index is 11.3. The van der Waals surface area contributed by atoms with Gasteiger partial charge >= 0.3 is 5.97 Å². The smallest absolute Gasteiger partial charge is 0.356 e. The lowest BCUT2D eigenvalue weighted by Gasteiger charge is -2.20. The lowest BCUT2D eigenvalue weighted by molar-refractivity contribution is 0.0692. The molecular weight excluding hydrogens is 244 g/mol. The predicted molar refractivity (Wildman–Crippen MR) is 69.6 cm³/mol. The summed E-state index contributed by atoms with van der Waals surface area (Å²) >= 11 is 0. The van der Waals surface area contributed by atoms with Crippen LogP contribution in [0.15, 0.2) is 18.3 Å². The van der Waals surface area contributed by atoms with Gasteiger partial charge in [0, 0.05) is 12.1 Å². The summed E-state index contributed by atoms with van der Waals surface area (Å²) in [4.78, 5) is 15.6. The highest BCUT2D eigenvalue weighted by Gasteiger charge is 2.25. The first-order valence-corrected chi connectivity index (χ1v) is 6.61. The Morgan fingerprint density at radius 1 is 1.32 bits per heavy atom. The number of imidazole rings is 1. The second-order valence-electron chi connectivity index (χ2n) is 5.07. The average molecular weight is 260 g/mol. The molecule has 2 aromatic rings. The van der Waals surface area contributed by atoms with Crippen LogP contribution in [0.3, 0.4) is 0 Å². The minimum absolute atomic E-state index is 0.0329. The van der Waals surface area contributed by atoms with Gasteiger partial charge in [-0.25, -0.2) is 9.78 Å². The molecule has 0 aromatic carbocycles. The van der Waals surface area contributed by atoms with Crippen LogP contribution in [0, 0.1) is 0 Å². The summed E-state index contributed by atoms with van der Waals surface area (Å²) in [5, 5.41) is 19.1. The Morgan fingerprint density at radius 3 is 2.74 bits per heavy atom. The standard InChI is InChI=1S/C14H16N2O3/c17-10-7-4-8-16-12(10)11(14(18)19)15-13(16)9-5-2-1-3-6-9/h4,7-9,17H,1-3,5-6H2,(H,18,19). The summed E-state index contributed by atoms with van der Waals surface area (Å²) in [6.07, 6.45) is 7.39. The second-order valence-corrected chi connectivity index (χ2v) is 5.07. The van der Waals surface area contributed by atoms with Crippen molar-refractivity contribution in [3.8, 4) is 5.75 Å². The number of fused-ring (bicyclic) bond motifs is 1. The third-order valence-corrected chi connectivity index (χ3v) is 3.84. The van der Waals surface area contributed by atoms with Crippen LogP contribution in [0.1, 0.15) is 54.3 Å². The molecule has 100 valence electrons. The molecule has 0 spiro atoms.